The first kappa shape index (κ1) is 27.9. The zero-order valence-electron chi connectivity index (χ0n) is 21.6. The molecule has 2 unspecified atom stereocenters. The second-order valence-corrected chi connectivity index (χ2v) is 9.97. The van der Waals surface area contributed by atoms with Gasteiger partial charge >= 0.3 is 0 Å². The number of nitrogens with two attached hydrogens (primary N) is 1. The number of aromatic nitrogens is 1. The SMILES string of the molecule is C=C(/C=C(\C=C/CN)CNN1CCCC(CO)(CC2=CC=CCC2F)C1)C(=N)c1cc(C)ncc1C. The van der Waals surface area contributed by atoms with Crippen molar-refractivity contribution in [3.8, 4) is 0 Å². The van der Waals surface area contributed by atoms with E-state index in [0.717, 1.165) is 47.4 Å². The number of aliphatic hydroxyl groups is 1. The highest BCUT2D eigenvalue weighted by Gasteiger charge is 2.37. The van der Waals surface area contributed by atoms with E-state index in [1.165, 1.54) is 0 Å². The van der Waals surface area contributed by atoms with E-state index in [4.69, 9.17) is 11.1 Å². The fraction of sp³-hybridized carbons (Fsp3) is 0.448. The number of aryl methyl sites for hydroxylation is 2. The lowest BCUT2D eigenvalue weighted by Crippen LogP contribution is -2.52. The van der Waals surface area contributed by atoms with Gasteiger partial charge in [-0.3, -0.25) is 15.8 Å². The van der Waals surface area contributed by atoms with Crippen molar-refractivity contribution < 1.29 is 9.50 Å². The topological polar surface area (TPSA) is 98.3 Å². The number of halogens is 1. The van der Waals surface area contributed by atoms with Gasteiger partial charge in [-0.1, -0.05) is 37.0 Å². The minimum Gasteiger partial charge on any atom is -0.396 e. The van der Waals surface area contributed by atoms with E-state index in [1.807, 2.05) is 56.4 Å². The third kappa shape index (κ3) is 7.40. The van der Waals surface area contributed by atoms with E-state index in [-0.39, 0.29) is 12.0 Å². The molecule has 1 saturated heterocycles. The first-order valence-corrected chi connectivity index (χ1v) is 12.6. The molecule has 3 rings (SSSR count). The van der Waals surface area contributed by atoms with Crippen molar-refractivity contribution in [2.45, 2.75) is 45.7 Å². The molecule has 1 aliphatic heterocycles. The third-order valence-corrected chi connectivity index (χ3v) is 6.93. The van der Waals surface area contributed by atoms with Crippen molar-refractivity contribution in [3.63, 3.8) is 0 Å². The predicted molar refractivity (Wildman–Crippen MR) is 146 cm³/mol. The Hall–Kier alpha value is -2.71. The van der Waals surface area contributed by atoms with Gasteiger partial charge in [0.15, 0.2) is 0 Å². The Kier molecular flexibility index (Phi) is 10.1. The average Bonchev–Trinajstić information content (AvgIpc) is 2.88. The van der Waals surface area contributed by atoms with Crippen molar-refractivity contribution in [2.24, 2.45) is 11.1 Å². The second kappa shape index (κ2) is 13.0. The maximum absolute atomic E-state index is 14.5. The molecule has 1 aliphatic carbocycles. The highest BCUT2D eigenvalue weighted by molar-refractivity contribution is 6.12. The third-order valence-electron chi connectivity index (χ3n) is 6.93. The van der Waals surface area contributed by atoms with Gasteiger partial charge in [0.25, 0.3) is 0 Å². The number of hydrogen-bond acceptors (Lipinski definition) is 6. The normalized spacial score (nSPS) is 23.2. The molecule has 194 valence electrons. The largest absolute Gasteiger partial charge is 0.396 e. The number of pyridine rings is 1. The van der Waals surface area contributed by atoms with E-state index in [1.54, 1.807) is 6.20 Å². The molecule has 0 saturated carbocycles. The number of alkyl halides is 1. The molecule has 1 aromatic heterocycles. The van der Waals surface area contributed by atoms with Crippen LogP contribution >= 0.6 is 0 Å². The van der Waals surface area contributed by atoms with Gasteiger partial charge in [0.2, 0.25) is 0 Å². The summed E-state index contributed by atoms with van der Waals surface area (Å²) in [5.41, 5.74) is 14.1. The molecule has 0 aromatic carbocycles. The molecule has 2 heterocycles. The molecule has 2 aliphatic rings. The highest BCUT2D eigenvalue weighted by Crippen LogP contribution is 2.38. The van der Waals surface area contributed by atoms with Crippen LogP contribution in [0.25, 0.3) is 0 Å². The zero-order valence-corrected chi connectivity index (χ0v) is 21.6. The lowest BCUT2D eigenvalue weighted by Gasteiger charge is -2.43. The summed E-state index contributed by atoms with van der Waals surface area (Å²) in [5.74, 6) is 0. The minimum atomic E-state index is -0.966. The summed E-state index contributed by atoms with van der Waals surface area (Å²) in [5, 5.41) is 21.1. The molecule has 1 fully saturated rings. The van der Waals surface area contributed by atoms with Gasteiger partial charge in [0.1, 0.15) is 6.17 Å². The van der Waals surface area contributed by atoms with Crippen LogP contribution in [0.4, 0.5) is 4.39 Å². The molecule has 0 spiro atoms. The van der Waals surface area contributed by atoms with Crippen LogP contribution in [-0.4, -0.2) is 59.8 Å². The summed E-state index contributed by atoms with van der Waals surface area (Å²) in [7, 11) is 0. The van der Waals surface area contributed by atoms with Crippen LogP contribution in [0.5, 0.6) is 0 Å². The quantitative estimate of drug-likeness (QED) is 0.273. The first-order chi connectivity index (χ1) is 17.3. The van der Waals surface area contributed by atoms with E-state index < -0.39 is 6.17 Å². The maximum atomic E-state index is 14.5. The lowest BCUT2D eigenvalue weighted by atomic mass is 9.74. The molecule has 2 atom stereocenters. The summed E-state index contributed by atoms with van der Waals surface area (Å²) in [4.78, 5) is 4.30. The zero-order chi connectivity index (χ0) is 26.1. The van der Waals surface area contributed by atoms with Crippen LogP contribution in [-0.2, 0) is 0 Å². The molecule has 1 aromatic rings. The van der Waals surface area contributed by atoms with Crippen LogP contribution in [0.2, 0.25) is 0 Å². The number of hydrazine groups is 1. The minimum absolute atomic E-state index is 0.0212. The number of aliphatic hydroxyl groups excluding tert-OH is 1. The Morgan fingerprint density at radius 2 is 2.25 bits per heavy atom. The number of nitrogens with one attached hydrogen (secondary N) is 2. The van der Waals surface area contributed by atoms with Crippen LogP contribution in [0.15, 0.2) is 72.0 Å². The molecular weight excluding hydrogens is 453 g/mol. The fourth-order valence-corrected chi connectivity index (χ4v) is 4.87. The van der Waals surface area contributed by atoms with Crippen molar-refractivity contribution in [3.05, 3.63) is 88.8 Å². The van der Waals surface area contributed by atoms with E-state index in [0.29, 0.717) is 43.8 Å². The molecular formula is C29H40FN5O. The Bertz CT molecular complexity index is 1070. The maximum Gasteiger partial charge on any atom is 0.125 e. The van der Waals surface area contributed by atoms with E-state index in [2.05, 4.69) is 22.0 Å². The van der Waals surface area contributed by atoms with Crippen LogP contribution in [0.3, 0.4) is 0 Å². The van der Waals surface area contributed by atoms with Crippen LogP contribution < -0.4 is 11.2 Å². The Morgan fingerprint density at radius 1 is 1.44 bits per heavy atom. The number of piperidine rings is 1. The molecule has 36 heavy (non-hydrogen) atoms. The summed E-state index contributed by atoms with van der Waals surface area (Å²) < 4.78 is 14.5. The number of allylic oxidation sites excluding steroid dienone is 6. The van der Waals surface area contributed by atoms with Crippen molar-refractivity contribution in [1.29, 1.82) is 5.41 Å². The fourth-order valence-electron chi connectivity index (χ4n) is 4.87. The van der Waals surface area contributed by atoms with Crippen molar-refractivity contribution in [2.75, 3.05) is 32.8 Å². The molecule has 5 N–H and O–H groups in total. The van der Waals surface area contributed by atoms with Gasteiger partial charge in [0, 0.05) is 55.5 Å². The Morgan fingerprint density at radius 3 is 2.97 bits per heavy atom. The number of nitrogens with zero attached hydrogens (tertiary/aromatic N) is 2. The molecule has 6 nitrogen and oxygen atoms in total. The van der Waals surface area contributed by atoms with Crippen molar-refractivity contribution in [1.82, 2.24) is 15.4 Å². The van der Waals surface area contributed by atoms with Crippen LogP contribution in [0.1, 0.15) is 42.5 Å². The van der Waals surface area contributed by atoms with E-state index >= 15 is 0 Å². The molecule has 0 bridgehead atoms. The summed E-state index contributed by atoms with van der Waals surface area (Å²) in [6.45, 7) is 10.4. The van der Waals surface area contributed by atoms with Gasteiger partial charge in [-0.25, -0.2) is 9.40 Å². The number of rotatable bonds is 11. The summed E-state index contributed by atoms with van der Waals surface area (Å²) >= 11 is 0. The molecule has 0 radical (unpaired) electrons. The van der Waals surface area contributed by atoms with E-state index in [9.17, 15) is 9.50 Å². The van der Waals surface area contributed by atoms with Gasteiger partial charge < -0.3 is 10.8 Å². The van der Waals surface area contributed by atoms with Gasteiger partial charge in [-0.15, -0.1) is 0 Å². The second-order valence-electron chi connectivity index (χ2n) is 9.97. The van der Waals surface area contributed by atoms with Gasteiger partial charge in [0.05, 0.1) is 12.3 Å². The highest BCUT2D eigenvalue weighted by atomic mass is 19.1. The Balaban J connectivity index is 1.69. The Labute approximate surface area is 214 Å². The van der Waals surface area contributed by atoms with Gasteiger partial charge in [-0.2, -0.15) is 0 Å². The smallest absolute Gasteiger partial charge is 0.125 e. The van der Waals surface area contributed by atoms with Crippen molar-refractivity contribution >= 4 is 5.71 Å². The number of hydrogen-bond donors (Lipinski definition) is 4. The van der Waals surface area contributed by atoms with Crippen LogP contribution in [0, 0.1) is 24.7 Å². The monoisotopic (exact) mass is 493 g/mol. The summed E-state index contributed by atoms with van der Waals surface area (Å²) in [6.07, 6.45) is 14.9. The first-order valence-electron chi connectivity index (χ1n) is 12.6. The van der Waals surface area contributed by atoms with Gasteiger partial charge in [-0.05, 0) is 67.5 Å². The average molecular weight is 494 g/mol. The molecule has 7 heteroatoms. The molecule has 0 amide bonds. The standard InChI is InChI=1S/C29H40FN5O/c1-21(28(32)26-15-23(3)33-17-22(26)2)14-24(8-6-12-31)18-34-35-13-7-11-29(19-35,20-36)16-25-9-4-5-10-27(25)30/h4-6,8-9,14-15,17,27,32,34,36H,1,7,10-13,16,18-20,31H2,2-3H3/b8-6-,24-14+,32-28?. The lowest BCUT2D eigenvalue weighted by molar-refractivity contribution is 0.00765. The summed E-state index contributed by atoms with van der Waals surface area (Å²) in [6, 6.07) is 1.91. The predicted octanol–water partition coefficient (Wildman–Crippen LogP) is 4.26.